The third-order valence-corrected chi connectivity index (χ3v) is 3.46. The highest BCUT2D eigenvalue weighted by atomic mass is 32.1. The second-order valence-corrected chi connectivity index (χ2v) is 5.43. The van der Waals surface area contributed by atoms with Gasteiger partial charge in [-0.1, -0.05) is 12.2 Å². The second-order valence-electron chi connectivity index (χ2n) is 5.01. The molecule has 1 aliphatic rings. The number of methoxy groups -OCH3 is 1. The van der Waals surface area contributed by atoms with Crippen LogP contribution in [0, 0.1) is 4.64 Å². The minimum absolute atomic E-state index is 0.0466. The summed E-state index contributed by atoms with van der Waals surface area (Å²) in [5.74, 6) is 0.796. The van der Waals surface area contributed by atoms with Crippen LogP contribution in [-0.4, -0.2) is 47.7 Å². The predicted octanol–water partition coefficient (Wildman–Crippen LogP) is 2.07. The molecule has 1 saturated heterocycles. The quantitative estimate of drug-likeness (QED) is 0.857. The summed E-state index contributed by atoms with van der Waals surface area (Å²) in [6.45, 7) is 7.41. The van der Waals surface area contributed by atoms with E-state index in [1.807, 2.05) is 6.07 Å². The van der Waals surface area contributed by atoms with Gasteiger partial charge in [-0.2, -0.15) is 0 Å². The van der Waals surface area contributed by atoms with Gasteiger partial charge in [0, 0.05) is 31.9 Å². The molecule has 1 aromatic heterocycles. The summed E-state index contributed by atoms with van der Waals surface area (Å²) >= 11 is 5.20. The predicted molar refractivity (Wildman–Crippen MR) is 75.5 cm³/mol. The van der Waals surface area contributed by atoms with Crippen LogP contribution in [0.2, 0.25) is 0 Å². The maximum atomic E-state index is 5.81. The highest BCUT2D eigenvalue weighted by molar-refractivity contribution is 7.71. The van der Waals surface area contributed by atoms with E-state index in [0.717, 1.165) is 31.2 Å². The smallest absolute Gasteiger partial charge is 0.138 e. The number of hydrogen-bond donors (Lipinski definition) is 1. The first-order chi connectivity index (χ1) is 9.10. The SMILES string of the molecule is COCc1cc(=S)nc(C2CN(C(C)C)CCO2)[nH]1. The third kappa shape index (κ3) is 3.82. The van der Waals surface area contributed by atoms with E-state index in [9.17, 15) is 0 Å². The molecule has 5 nitrogen and oxygen atoms in total. The number of H-pyrrole nitrogens is 1. The molecule has 2 rings (SSSR count). The van der Waals surface area contributed by atoms with Crippen LogP contribution in [0.15, 0.2) is 6.07 Å². The zero-order valence-electron chi connectivity index (χ0n) is 11.7. The lowest BCUT2D eigenvalue weighted by Gasteiger charge is -2.35. The van der Waals surface area contributed by atoms with Crippen LogP contribution < -0.4 is 0 Å². The van der Waals surface area contributed by atoms with Crippen molar-refractivity contribution >= 4 is 12.2 Å². The molecule has 0 saturated carbocycles. The van der Waals surface area contributed by atoms with Crippen molar-refractivity contribution in [1.82, 2.24) is 14.9 Å². The van der Waals surface area contributed by atoms with Gasteiger partial charge in [0.2, 0.25) is 0 Å². The van der Waals surface area contributed by atoms with Crippen LogP contribution in [0.5, 0.6) is 0 Å². The lowest BCUT2D eigenvalue weighted by molar-refractivity contribution is -0.0445. The van der Waals surface area contributed by atoms with Crippen molar-refractivity contribution in [1.29, 1.82) is 0 Å². The molecule has 0 spiro atoms. The molecule has 0 amide bonds. The van der Waals surface area contributed by atoms with Crippen molar-refractivity contribution < 1.29 is 9.47 Å². The molecule has 1 N–H and O–H groups in total. The van der Waals surface area contributed by atoms with E-state index < -0.39 is 0 Å². The van der Waals surface area contributed by atoms with Gasteiger partial charge in [0.15, 0.2) is 0 Å². The monoisotopic (exact) mass is 283 g/mol. The molecule has 0 bridgehead atoms. The summed E-state index contributed by atoms with van der Waals surface area (Å²) in [4.78, 5) is 10.0. The number of aromatic amines is 1. The van der Waals surface area contributed by atoms with Crippen LogP contribution >= 0.6 is 12.2 Å². The van der Waals surface area contributed by atoms with Gasteiger partial charge in [-0.15, -0.1) is 0 Å². The van der Waals surface area contributed by atoms with Gasteiger partial charge < -0.3 is 14.5 Å². The molecule has 0 radical (unpaired) electrons. The van der Waals surface area contributed by atoms with Crippen molar-refractivity contribution in [3.63, 3.8) is 0 Å². The van der Waals surface area contributed by atoms with Gasteiger partial charge in [-0.3, -0.25) is 4.90 Å². The molecular formula is C13H21N3O2S. The summed E-state index contributed by atoms with van der Waals surface area (Å²) in [6, 6.07) is 2.34. The number of morpholine rings is 1. The fourth-order valence-electron chi connectivity index (χ4n) is 2.22. The van der Waals surface area contributed by atoms with E-state index in [2.05, 4.69) is 28.7 Å². The van der Waals surface area contributed by atoms with Crippen LogP contribution in [0.4, 0.5) is 0 Å². The fourth-order valence-corrected chi connectivity index (χ4v) is 2.46. The molecular weight excluding hydrogens is 262 g/mol. The van der Waals surface area contributed by atoms with Gasteiger partial charge in [0.25, 0.3) is 0 Å². The standard InChI is InChI=1S/C13H21N3O2S/c1-9(2)16-4-5-18-11(7-16)13-14-10(8-17-3)6-12(19)15-13/h6,9,11H,4-5,7-8H2,1-3H3,(H,14,15,19). The van der Waals surface area contributed by atoms with E-state index >= 15 is 0 Å². The van der Waals surface area contributed by atoms with Crippen molar-refractivity contribution in [2.75, 3.05) is 26.8 Å². The zero-order valence-corrected chi connectivity index (χ0v) is 12.5. The van der Waals surface area contributed by atoms with Crippen molar-refractivity contribution in [3.05, 3.63) is 22.2 Å². The number of rotatable bonds is 4. The molecule has 1 fully saturated rings. The van der Waals surface area contributed by atoms with Crippen molar-refractivity contribution in [2.24, 2.45) is 0 Å². The minimum Gasteiger partial charge on any atom is -0.378 e. The van der Waals surface area contributed by atoms with Gasteiger partial charge in [0.1, 0.15) is 16.6 Å². The van der Waals surface area contributed by atoms with Crippen LogP contribution in [0.1, 0.15) is 31.5 Å². The van der Waals surface area contributed by atoms with Crippen LogP contribution in [0.3, 0.4) is 0 Å². The van der Waals surface area contributed by atoms with E-state index in [-0.39, 0.29) is 6.10 Å². The lowest BCUT2D eigenvalue weighted by atomic mass is 10.2. The minimum atomic E-state index is -0.0466. The Labute approximate surface area is 118 Å². The summed E-state index contributed by atoms with van der Waals surface area (Å²) in [6.07, 6.45) is -0.0466. The van der Waals surface area contributed by atoms with Crippen LogP contribution in [-0.2, 0) is 16.1 Å². The number of ether oxygens (including phenoxy) is 2. The first-order valence-corrected chi connectivity index (χ1v) is 6.95. The maximum absolute atomic E-state index is 5.81. The van der Waals surface area contributed by atoms with Crippen molar-refractivity contribution in [2.45, 2.75) is 32.6 Å². The topological polar surface area (TPSA) is 50.4 Å². The van der Waals surface area contributed by atoms with Crippen LogP contribution in [0.25, 0.3) is 0 Å². The largest absolute Gasteiger partial charge is 0.378 e. The van der Waals surface area contributed by atoms with Gasteiger partial charge in [0.05, 0.1) is 13.2 Å². The second kappa shape index (κ2) is 6.56. The molecule has 1 aliphatic heterocycles. The highest BCUT2D eigenvalue weighted by Gasteiger charge is 2.25. The van der Waals surface area contributed by atoms with Gasteiger partial charge in [-0.05, 0) is 19.9 Å². The molecule has 1 unspecified atom stereocenters. The first kappa shape index (κ1) is 14.6. The summed E-state index contributed by atoms with van der Waals surface area (Å²) in [5.41, 5.74) is 0.933. The highest BCUT2D eigenvalue weighted by Crippen LogP contribution is 2.20. The molecule has 19 heavy (non-hydrogen) atoms. The van der Waals surface area contributed by atoms with E-state index in [1.165, 1.54) is 0 Å². The summed E-state index contributed by atoms with van der Waals surface area (Å²) < 4.78 is 11.5. The number of nitrogens with zero attached hydrogens (tertiary/aromatic N) is 2. The Morgan fingerprint density at radius 1 is 1.63 bits per heavy atom. The normalized spacial score (nSPS) is 20.9. The Morgan fingerprint density at radius 3 is 3.11 bits per heavy atom. The molecule has 1 atom stereocenters. The molecule has 0 aliphatic carbocycles. The average Bonchev–Trinajstić information content (AvgIpc) is 2.38. The number of nitrogens with one attached hydrogen (secondary N) is 1. The average molecular weight is 283 g/mol. The Bertz CT molecular complexity index is 475. The van der Waals surface area contributed by atoms with Crippen molar-refractivity contribution in [3.8, 4) is 0 Å². The first-order valence-electron chi connectivity index (χ1n) is 6.55. The van der Waals surface area contributed by atoms with Gasteiger partial charge in [-0.25, -0.2) is 4.98 Å². The molecule has 1 aromatic rings. The molecule has 6 heteroatoms. The fraction of sp³-hybridized carbons (Fsp3) is 0.692. The summed E-state index contributed by atoms with van der Waals surface area (Å²) in [5, 5.41) is 0. The molecule has 0 aromatic carbocycles. The summed E-state index contributed by atoms with van der Waals surface area (Å²) in [7, 11) is 1.66. The zero-order chi connectivity index (χ0) is 13.8. The Balaban J connectivity index is 2.18. The van der Waals surface area contributed by atoms with Gasteiger partial charge >= 0.3 is 0 Å². The Morgan fingerprint density at radius 2 is 2.42 bits per heavy atom. The lowest BCUT2D eigenvalue weighted by Crippen LogP contribution is -2.42. The van der Waals surface area contributed by atoms with E-state index in [4.69, 9.17) is 21.7 Å². The number of aromatic nitrogens is 2. The molecule has 106 valence electrons. The molecule has 2 heterocycles. The Hall–Kier alpha value is -0.820. The van der Waals surface area contributed by atoms with E-state index in [0.29, 0.717) is 17.3 Å². The Kier molecular flexibility index (Phi) is 5.04. The van der Waals surface area contributed by atoms with E-state index in [1.54, 1.807) is 7.11 Å². The number of hydrogen-bond acceptors (Lipinski definition) is 5. The third-order valence-electron chi connectivity index (χ3n) is 3.25. The maximum Gasteiger partial charge on any atom is 0.138 e.